The topological polar surface area (TPSA) is 135 Å². The van der Waals surface area contributed by atoms with Crippen LogP contribution in [0.15, 0.2) is 0 Å². The van der Waals surface area contributed by atoms with Gasteiger partial charge < -0.3 is 28.8 Å². The van der Waals surface area contributed by atoms with Crippen LogP contribution in [-0.2, 0) is 42.9 Å². The third-order valence-corrected chi connectivity index (χ3v) is 11.5. The van der Waals surface area contributed by atoms with Crippen LogP contribution in [-0.4, -0.2) is 65.3 Å². The zero-order valence-electron chi connectivity index (χ0n) is 31.5. The quantitative estimate of drug-likeness (QED) is 0.197. The maximum atomic E-state index is 12.4. The van der Waals surface area contributed by atoms with Crippen molar-refractivity contribution in [1.29, 1.82) is 0 Å². The Kier molecular flexibility index (Phi) is 12.9. The second-order valence-electron chi connectivity index (χ2n) is 17.1. The third-order valence-electron chi connectivity index (χ3n) is 11.5. The molecule has 6 rings (SSSR count). The second-order valence-corrected chi connectivity index (χ2v) is 17.1. The van der Waals surface area contributed by atoms with Gasteiger partial charge in [0.1, 0.15) is 5.60 Å². The lowest BCUT2D eigenvalue weighted by molar-refractivity contribution is -0.244. The average molecular weight is 681 g/mol. The first-order chi connectivity index (χ1) is 22.1. The van der Waals surface area contributed by atoms with Crippen molar-refractivity contribution < 1.29 is 48.0 Å². The number of hydrogen-bond donors (Lipinski definition) is 1. The van der Waals surface area contributed by atoms with E-state index in [-0.39, 0.29) is 23.5 Å². The average Bonchev–Trinajstić information content (AvgIpc) is 3.40. The summed E-state index contributed by atoms with van der Waals surface area (Å²) in [4.78, 5) is 46.8. The maximum absolute atomic E-state index is 12.4. The summed E-state index contributed by atoms with van der Waals surface area (Å²) in [5, 5.41) is 10.6. The van der Waals surface area contributed by atoms with Gasteiger partial charge >= 0.3 is 23.9 Å². The summed E-state index contributed by atoms with van der Waals surface area (Å²) in [5.41, 5.74) is -2.26. The molecule has 0 aromatic rings. The lowest BCUT2D eigenvalue weighted by Crippen LogP contribution is -2.61. The summed E-state index contributed by atoms with van der Waals surface area (Å²) in [6.07, 6.45) is 10.6. The summed E-state index contributed by atoms with van der Waals surface area (Å²) >= 11 is 0. The number of carbonyl (C=O) groups is 4. The number of rotatable bonds is 9. The molecule has 4 saturated carbocycles. The fraction of sp³-hybridized carbons (Fsp3) is 0.895. The Hall–Kier alpha value is -2.20. The molecule has 2 saturated heterocycles. The van der Waals surface area contributed by atoms with Crippen LogP contribution in [0.25, 0.3) is 0 Å². The molecule has 10 heteroatoms. The Morgan fingerprint density at radius 3 is 1.75 bits per heavy atom. The summed E-state index contributed by atoms with van der Waals surface area (Å²) in [5.74, 6) is -0.571. The van der Waals surface area contributed by atoms with Crippen molar-refractivity contribution in [2.24, 2.45) is 28.1 Å². The number of cyclic esters (lactones) is 1. The molecule has 2 aliphatic heterocycles. The normalized spacial score (nSPS) is 32.6. The van der Waals surface area contributed by atoms with Crippen molar-refractivity contribution in [2.75, 3.05) is 13.2 Å². The minimum atomic E-state index is -0.693. The first-order valence-electron chi connectivity index (χ1n) is 18.3. The zero-order chi connectivity index (χ0) is 36.2. The van der Waals surface area contributed by atoms with Gasteiger partial charge in [0.15, 0.2) is 0 Å². The standard InChI is InChI=1S/C16H26O3.C12H22O3.C10H16O4/c1-4-14(2,3)13(17)19-16-8-11-5-12(9-16)7-15(18,6-11)10-16;1-5-11(2,3)10(13)15-12(4)8-6-7-9-14-12;1-4-10(2,3)9(12)14-7-5-6-13-8(7)11/h11-12,18H,4-10H2,1-3H3;5-9H2,1-4H3;7H,4-6H2,1-3H3. The first-order valence-corrected chi connectivity index (χ1v) is 18.3. The van der Waals surface area contributed by atoms with Gasteiger partial charge in [0.2, 0.25) is 11.9 Å². The highest BCUT2D eigenvalue weighted by molar-refractivity contribution is 5.82. The van der Waals surface area contributed by atoms with E-state index >= 15 is 0 Å². The highest BCUT2D eigenvalue weighted by Crippen LogP contribution is 2.59. The van der Waals surface area contributed by atoms with Crippen molar-refractivity contribution >= 4 is 23.9 Å². The summed E-state index contributed by atoms with van der Waals surface area (Å²) in [7, 11) is 0. The zero-order valence-corrected chi connectivity index (χ0v) is 31.5. The Labute approximate surface area is 288 Å². The van der Waals surface area contributed by atoms with Gasteiger partial charge in [-0.25, -0.2) is 4.79 Å². The van der Waals surface area contributed by atoms with E-state index in [1.165, 1.54) is 6.42 Å². The molecule has 4 aliphatic carbocycles. The van der Waals surface area contributed by atoms with E-state index in [2.05, 4.69) is 0 Å². The van der Waals surface area contributed by atoms with Gasteiger partial charge in [0.25, 0.3) is 0 Å². The van der Waals surface area contributed by atoms with Crippen LogP contribution in [0.4, 0.5) is 0 Å². The third kappa shape index (κ3) is 10.2. The van der Waals surface area contributed by atoms with E-state index in [0.717, 1.165) is 57.8 Å². The Bertz CT molecular complexity index is 1130. The molecule has 0 radical (unpaired) electrons. The summed E-state index contributed by atoms with van der Waals surface area (Å²) in [6, 6.07) is 0. The number of hydrogen-bond acceptors (Lipinski definition) is 10. The molecule has 1 N–H and O–H groups in total. The lowest BCUT2D eigenvalue weighted by atomic mass is 9.52. The fourth-order valence-corrected chi connectivity index (χ4v) is 7.21. The minimum absolute atomic E-state index is 0.0828. The SMILES string of the molecule is CCC(C)(C)C(=O)OC1(C)CCCCO1.CCC(C)(C)C(=O)OC12CC3CC(CC(O)(C3)C1)C2.CCC(C)(C)C(=O)OC1CCOC1=O. The van der Waals surface area contributed by atoms with Crippen LogP contribution in [0.3, 0.4) is 0 Å². The molecule has 10 nitrogen and oxygen atoms in total. The molecular weight excluding hydrogens is 616 g/mol. The van der Waals surface area contributed by atoms with Crippen LogP contribution in [0.5, 0.6) is 0 Å². The van der Waals surface area contributed by atoms with Crippen LogP contribution in [0, 0.1) is 28.1 Å². The summed E-state index contributed by atoms with van der Waals surface area (Å²) in [6.45, 7) is 20.1. The van der Waals surface area contributed by atoms with Gasteiger partial charge in [-0.3, -0.25) is 14.4 Å². The van der Waals surface area contributed by atoms with Crippen LogP contribution in [0.1, 0.15) is 153 Å². The van der Waals surface area contributed by atoms with Crippen LogP contribution < -0.4 is 0 Å². The van der Waals surface area contributed by atoms with E-state index in [0.29, 0.717) is 44.3 Å². The highest BCUT2D eigenvalue weighted by atomic mass is 16.7. The number of esters is 4. The molecule has 0 amide bonds. The van der Waals surface area contributed by atoms with E-state index in [4.69, 9.17) is 23.7 Å². The molecular formula is C38H64O10. The predicted molar refractivity (Wildman–Crippen MR) is 180 cm³/mol. The van der Waals surface area contributed by atoms with Crippen LogP contribution >= 0.6 is 0 Å². The van der Waals surface area contributed by atoms with E-state index in [1.807, 2.05) is 55.4 Å². The number of ether oxygens (including phenoxy) is 5. The maximum Gasteiger partial charge on any atom is 0.347 e. The van der Waals surface area contributed by atoms with Gasteiger partial charge in [-0.1, -0.05) is 20.8 Å². The van der Waals surface area contributed by atoms with E-state index in [1.54, 1.807) is 13.8 Å². The first kappa shape index (κ1) is 40.2. The molecule has 6 fully saturated rings. The molecule has 4 atom stereocenters. The molecule has 2 heterocycles. The van der Waals surface area contributed by atoms with Gasteiger partial charge in [0, 0.05) is 26.2 Å². The molecule has 0 spiro atoms. The molecule has 48 heavy (non-hydrogen) atoms. The second kappa shape index (κ2) is 15.4. The molecule has 4 unspecified atom stereocenters. The highest BCUT2D eigenvalue weighted by Gasteiger charge is 2.59. The van der Waals surface area contributed by atoms with E-state index in [9.17, 15) is 24.3 Å². The van der Waals surface area contributed by atoms with Gasteiger partial charge in [-0.05, 0) is 118 Å². The van der Waals surface area contributed by atoms with Crippen molar-refractivity contribution in [2.45, 2.75) is 176 Å². The van der Waals surface area contributed by atoms with Crippen LogP contribution in [0.2, 0.25) is 0 Å². The van der Waals surface area contributed by atoms with Gasteiger partial charge in [-0.15, -0.1) is 0 Å². The Morgan fingerprint density at radius 2 is 1.31 bits per heavy atom. The molecule has 4 bridgehead atoms. The molecule has 276 valence electrons. The largest absolute Gasteiger partial charge is 0.463 e. The number of carbonyl (C=O) groups excluding carboxylic acids is 4. The molecule has 6 aliphatic rings. The van der Waals surface area contributed by atoms with Crippen molar-refractivity contribution in [3.05, 3.63) is 0 Å². The van der Waals surface area contributed by atoms with Gasteiger partial charge in [0.05, 0.1) is 35.1 Å². The molecule has 0 aromatic carbocycles. The van der Waals surface area contributed by atoms with Gasteiger partial charge in [-0.2, -0.15) is 0 Å². The fourth-order valence-electron chi connectivity index (χ4n) is 7.21. The lowest BCUT2D eigenvalue weighted by Gasteiger charge is -2.59. The van der Waals surface area contributed by atoms with Crippen molar-refractivity contribution in [1.82, 2.24) is 0 Å². The summed E-state index contributed by atoms with van der Waals surface area (Å²) < 4.78 is 26.7. The van der Waals surface area contributed by atoms with Crippen molar-refractivity contribution in [3.63, 3.8) is 0 Å². The van der Waals surface area contributed by atoms with E-state index < -0.39 is 39.7 Å². The monoisotopic (exact) mass is 680 g/mol. The molecule has 0 aromatic heterocycles. The predicted octanol–water partition coefficient (Wildman–Crippen LogP) is 7.21. The smallest absolute Gasteiger partial charge is 0.347 e. The van der Waals surface area contributed by atoms with Crippen molar-refractivity contribution in [3.8, 4) is 0 Å². The Balaban J connectivity index is 0.000000199. The number of aliphatic hydroxyl groups is 1. The Morgan fingerprint density at radius 1 is 0.792 bits per heavy atom. The minimum Gasteiger partial charge on any atom is -0.463 e.